The van der Waals surface area contributed by atoms with E-state index in [2.05, 4.69) is 0 Å². The van der Waals surface area contributed by atoms with Crippen molar-refractivity contribution in [2.45, 2.75) is 50.0 Å². The molecule has 5 atom stereocenters. The lowest BCUT2D eigenvalue weighted by atomic mass is 9.99. The van der Waals surface area contributed by atoms with Gasteiger partial charge in [0.05, 0.1) is 19.8 Å². The molecule has 2 aromatic carbocycles. The summed E-state index contributed by atoms with van der Waals surface area (Å²) in [6, 6.07) is 19.7. The quantitative estimate of drug-likeness (QED) is 0.670. The minimum atomic E-state index is -0.969. The van der Waals surface area contributed by atoms with E-state index >= 15 is 0 Å². The fraction of sp³-hybridized carbons (Fsp3) is 0.455. The normalized spacial score (nSPS) is 27.6. The predicted octanol–water partition coefficient (Wildman–Crippen LogP) is 2.99. The molecule has 1 fully saturated rings. The maximum atomic E-state index is 10.8. The molecule has 2 aromatic rings. The first kappa shape index (κ1) is 21.3. The van der Waals surface area contributed by atoms with Gasteiger partial charge in [0.15, 0.2) is 0 Å². The van der Waals surface area contributed by atoms with Crippen LogP contribution in [0.3, 0.4) is 0 Å². The smallest absolute Gasteiger partial charge is 0.132 e. The first-order chi connectivity index (χ1) is 13.7. The molecule has 3 rings (SSSR count). The molecule has 0 aliphatic carbocycles. The first-order valence-corrected chi connectivity index (χ1v) is 10.6. The molecule has 0 saturated carbocycles. The van der Waals surface area contributed by atoms with E-state index in [0.29, 0.717) is 13.2 Å². The van der Waals surface area contributed by atoms with E-state index in [1.165, 1.54) is 0 Å². The van der Waals surface area contributed by atoms with E-state index in [0.717, 1.165) is 16.9 Å². The minimum Gasteiger partial charge on any atom is -0.394 e. The molecule has 0 radical (unpaired) electrons. The number of hydrogen-bond donors (Lipinski definition) is 2. The lowest BCUT2D eigenvalue weighted by Crippen LogP contribution is -2.59. The van der Waals surface area contributed by atoms with Crippen molar-refractivity contribution < 1.29 is 24.4 Å². The Morgan fingerprint density at radius 1 is 0.893 bits per heavy atom. The summed E-state index contributed by atoms with van der Waals surface area (Å²) in [5, 5.41) is 20.4. The summed E-state index contributed by atoms with van der Waals surface area (Å²) in [4.78, 5) is 0. The molecule has 0 unspecified atom stereocenters. The highest BCUT2D eigenvalue weighted by atomic mass is 32.2. The van der Waals surface area contributed by atoms with Crippen molar-refractivity contribution in [3.05, 3.63) is 71.8 Å². The van der Waals surface area contributed by atoms with Gasteiger partial charge in [-0.25, -0.2) is 0 Å². The Balaban J connectivity index is 1.75. The maximum absolute atomic E-state index is 10.8. The van der Waals surface area contributed by atoms with Crippen LogP contribution >= 0.6 is 11.8 Å². The van der Waals surface area contributed by atoms with Gasteiger partial charge in [0.2, 0.25) is 0 Å². The second-order valence-corrected chi connectivity index (χ2v) is 8.07. The number of rotatable bonds is 9. The van der Waals surface area contributed by atoms with Gasteiger partial charge in [-0.05, 0) is 16.9 Å². The monoisotopic (exact) mass is 404 g/mol. The van der Waals surface area contributed by atoms with Gasteiger partial charge in [-0.15, -0.1) is 11.8 Å². The van der Waals surface area contributed by atoms with Crippen molar-refractivity contribution in [1.29, 1.82) is 0 Å². The van der Waals surface area contributed by atoms with Crippen LogP contribution in [0.5, 0.6) is 0 Å². The number of aliphatic hydroxyl groups excluding tert-OH is 2. The molecule has 28 heavy (non-hydrogen) atoms. The van der Waals surface area contributed by atoms with E-state index in [4.69, 9.17) is 14.2 Å². The number of hydrogen-bond acceptors (Lipinski definition) is 6. The molecular weight excluding hydrogens is 376 g/mol. The zero-order valence-electron chi connectivity index (χ0n) is 16.0. The van der Waals surface area contributed by atoms with Gasteiger partial charge >= 0.3 is 0 Å². The van der Waals surface area contributed by atoms with Crippen molar-refractivity contribution in [3.63, 3.8) is 0 Å². The predicted molar refractivity (Wildman–Crippen MR) is 110 cm³/mol. The fourth-order valence-electron chi connectivity index (χ4n) is 3.24. The zero-order valence-corrected chi connectivity index (χ0v) is 16.8. The average Bonchev–Trinajstić information content (AvgIpc) is 2.74. The van der Waals surface area contributed by atoms with E-state index < -0.39 is 24.4 Å². The Kier molecular flexibility index (Phi) is 8.33. The molecule has 1 aliphatic heterocycles. The van der Waals surface area contributed by atoms with Crippen LogP contribution in [0.1, 0.15) is 18.1 Å². The van der Waals surface area contributed by atoms with Crippen LogP contribution in [0.15, 0.2) is 60.7 Å². The Hall–Kier alpha value is -1.41. The van der Waals surface area contributed by atoms with Gasteiger partial charge in [-0.1, -0.05) is 67.6 Å². The third-order valence-electron chi connectivity index (χ3n) is 4.70. The van der Waals surface area contributed by atoms with Crippen LogP contribution in [0.2, 0.25) is 0 Å². The van der Waals surface area contributed by atoms with Crippen molar-refractivity contribution >= 4 is 11.8 Å². The van der Waals surface area contributed by atoms with E-state index in [1.807, 2.05) is 67.6 Å². The standard InChI is InChI=1S/C22H28O5S/c1-2-28-22-21(26-15-17-11-7-4-8-12-17)20(19(24)18(13-23)27-22)25-14-16-9-5-3-6-10-16/h3-12,18-24H,2,13-15H2,1H3/t18-,19+,20+,21-,22+/m1/s1. The summed E-state index contributed by atoms with van der Waals surface area (Å²) in [5.41, 5.74) is 1.74. The van der Waals surface area contributed by atoms with Gasteiger partial charge in [-0.3, -0.25) is 0 Å². The number of ether oxygens (including phenoxy) is 3. The maximum Gasteiger partial charge on any atom is 0.132 e. The number of aliphatic hydroxyl groups is 2. The van der Waals surface area contributed by atoms with Crippen LogP contribution in [0.4, 0.5) is 0 Å². The molecular formula is C22H28O5S. The molecule has 1 saturated heterocycles. The topological polar surface area (TPSA) is 68.2 Å². The Morgan fingerprint density at radius 2 is 1.43 bits per heavy atom. The van der Waals surface area contributed by atoms with Crippen molar-refractivity contribution in [2.75, 3.05) is 12.4 Å². The van der Waals surface area contributed by atoms with Gasteiger partial charge in [-0.2, -0.15) is 0 Å². The highest BCUT2D eigenvalue weighted by Crippen LogP contribution is 2.33. The minimum absolute atomic E-state index is 0.265. The molecule has 0 bridgehead atoms. The fourth-order valence-corrected chi connectivity index (χ4v) is 4.21. The average molecular weight is 405 g/mol. The Labute approximate surface area is 170 Å². The first-order valence-electron chi connectivity index (χ1n) is 9.60. The van der Waals surface area contributed by atoms with E-state index in [-0.39, 0.29) is 12.0 Å². The summed E-state index contributed by atoms with van der Waals surface area (Å²) in [5.74, 6) is 0.829. The number of benzene rings is 2. The van der Waals surface area contributed by atoms with Crippen LogP contribution in [-0.2, 0) is 27.4 Å². The molecule has 0 amide bonds. The molecule has 0 aromatic heterocycles. The number of thioether (sulfide) groups is 1. The van der Waals surface area contributed by atoms with Crippen LogP contribution < -0.4 is 0 Å². The summed E-state index contributed by atoms with van der Waals surface area (Å²) in [7, 11) is 0. The summed E-state index contributed by atoms with van der Waals surface area (Å²) in [6.07, 6.45) is -2.71. The molecule has 0 spiro atoms. The SMILES string of the molecule is CCS[C@@H]1O[C@H](CO)[C@H](O)[C@H](OCc2ccccc2)[C@H]1OCc1ccccc1. The van der Waals surface area contributed by atoms with Crippen molar-refractivity contribution in [3.8, 4) is 0 Å². The van der Waals surface area contributed by atoms with E-state index in [1.54, 1.807) is 11.8 Å². The highest BCUT2D eigenvalue weighted by Gasteiger charge is 2.46. The Morgan fingerprint density at radius 3 is 1.93 bits per heavy atom. The third kappa shape index (κ3) is 5.56. The molecule has 1 aliphatic rings. The summed E-state index contributed by atoms with van der Waals surface area (Å²) in [6.45, 7) is 2.53. The molecule has 6 heteroatoms. The van der Waals surface area contributed by atoms with Crippen LogP contribution in [0, 0.1) is 0 Å². The van der Waals surface area contributed by atoms with Gasteiger partial charge in [0.25, 0.3) is 0 Å². The largest absolute Gasteiger partial charge is 0.394 e. The van der Waals surface area contributed by atoms with Crippen molar-refractivity contribution in [2.24, 2.45) is 0 Å². The lowest BCUT2D eigenvalue weighted by molar-refractivity contribution is -0.237. The highest BCUT2D eigenvalue weighted by molar-refractivity contribution is 7.99. The molecule has 5 nitrogen and oxygen atoms in total. The van der Waals surface area contributed by atoms with Gasteiger partial charge in [0.1, 0.15) is 29.9 Å². The summed E-state index contributed by atoms with van der Waals surface area (Å²) >= 11 is 1.59. The van der Waals surface area contributed by atoms with Crippen LogP contribution in [-0.4, -0.2) is 52.4 Å². The molecule has 2 N–H and O–H groups in total. The van der Waals surface area contributed by atoms with Gasteiger partial charge in [0, 0.05) is 0 Å². The zero-order chi connectivity index (χ0) is 19.8. The second kappa shape index (κ2) is 11.0. The Bertz CT molecular complexity index is 640. The lowest BCUT2D eigenvalue weighted by Gasteiger charge is -2.43. The molecule has 152 valence electrons. The van der Waals surface area contributed by atoms with Gasteiger partial charge < -0.3 is 24.4 Å². The third-order valence-corrected chi connectivity index (χ3v) is 5.74. The molecule has 1 heterocycles. The van der Waals surface area contributed by atoms with Crippen molar-refractivity contribution in [1.82, 2.24) is 0 Å². The van der Waals surface area contributed by atoms with Crippen LogP contribution in [0.25, 0.3) is 0 Å². The summed E-state index contributed by atoms with van der Waals surface area (Å²) < 4.78 is 18.2. The second-order valence-electron chi connectivity index (χ2n) is 6.69. The van der Waals surface area contributed by atoms with E-state index in [9.17, 15) is 10.2 Å².